The number of aliphatic hydroxyl groups is 1. The van der Waals surface area contributed by atoms with E-state index in [9.17, 15) is 27.9 Å². The molecule has 2 heterocycles. The minimum absolute atomic E-state index is 0.0810. The van der Waals surface area contributed by atoms with E-state index >= 15 is 0 Å². The first-order chi connectivity index (χ1) is 8.28. The number of anilines is 1. The van der Waals surface area contributed by atoms with E-state index in [4.69, 9.17) is 0 Å². The second-order valence-electron chi connectivity index (χ2n) is 3.48. The smallest absolute Gasteiger partial charge is 0.356 e. The highest BCUT2D eigenvalue weighted by molar-refractivity contribution is 6.16. The Morgan fingerprint density at radius 1 is 1.39 bits per heavy atom. The van der Waals surface area contributed by atoms with Crippen molar-refractivity contribution in [3.8, 4) is 0 Å². The van der Waals surface area contributed by atoms with Crippen LogP contribution in [0.15, 0.2) is 24.5 Å². The van der Waals surface area contributed by atoms with Gasteiger partial charge < -0.3 is 5.11 Å². The van der Waals surface area contributed by atoms with Crippen molar-refractivity contribution < 1.29 is 27.9 Å². The van der Waals surface area contributed by atoms with Crippen molar-refractivity contribution in [1.29, 1.82) is 0 Å². The van der Waals surface area contributed by atoms with Gasteiger partial charge in [0.05, 0.1) is 11.9 Å². The van der Waals surface area contributed by atoms with Crippen molar-refractivity contribution in [3.63, 3.8) is 0 Å². The third-order valence-electron chi connectivity index (χ3n) is 2.36. The number of imide groups is 1. The summed E-state index contributed by atoms with van der Waals surface area (Å²) in [6.07, 6.45) is -3.14. The van der Waals surface area contributed by atoms with Gasteiger partial charge >= 0.3 is 17.9 Å². The van der Waals surface area contributed by atoms with Crippen molar-refractivity contribution in [3.05, 3.63) is 24.5 Å². The zero-order valence-electron chi connectivity index (χ0n) is 8.60. The van der Waals surface area contributed by atoms with Crippen LogP contribution in [-0.4, -0.2) is 33.9 Å². The summed E-state index contributed by atoms with van der Waals surface area (Å²) < 4.78 is 38.3. The molecule has 0 saturated carbocycles. The SMILES string of the molecule is O=C1NC(=O)C(O)(C(F)(F)F)N1c1cccnc1. The molecular formula is C9H6F3N3O3. The molecule has 1 aliphatic rings. The number of urea groups is 1. The summed E-state index contributed by atoms with van der Waals surface area (Å²) in [6, 6.07) is 1.01. The molecule has 1 saturated heterocycles. The molecule has 0 aliphatic carbocycles. The predicted octanol–water partition coefficient (Wildman–Crippen LogP) is 0.389. The molecule has 1 aromatic heterocycles. The number of nitrogens with one attached hydrogen (secondary N) is 1. The van der Waals surface area contributed by atoms with Crippen molar-refractivity contribution in [1.82, 2.24) is 10.3 Å². The molecular weight excluding hydrogens is 255 g/mol. The lowest BCUT2D eigenvalue weighted by atomic mass is 10.1. The molecule has 0 bridgehead atoms. The molecule has 96 valence electrons. The highest BCUT2D eigenvalue weighted by Gasteiger charge is 2.69. The maximum Gasteiger partial charge on any atom is 0.447 e. The van der Waals surface area contributed by atoms with Crippen LogP contribution >= 0.6 is 0 Å². The Labute approximate surface area is 98.0 Å². The van der Waals surface area contributed by atoms with Gasteiger partial charge in [-0.15, -0.1) is 0 Å². The van der Waals surface area contributed by atoms with Crippen molar-refractivity contribution in [2.75, 3.05) is 4.90 Å². The molecule has 1 aliphatic heterocycles. The number of nitrogens with zero attached hydrogens (tertiary/aromatic N) is 2. The van der Waals surface area contributed by atoms with Crippen molar-refractivity contribution in [2.24, 2.45) is 0 Å². The van der Waals surface area contributed by atoms with Crippen molar-refractivity contribution in [2.45, 2.75) is 11.9 Å². The van der Waals surface area contributed by atoms with E-state index in [1.807, 2.05) is 0 Å². The average molecular weight is 261 g/mol. The minimum Gasteiger partial charge on any atom is -0.356 e. The van der Waals surface area contributed by atoms with Gasteiger partial charge in [0.15, 0.2) is 0 Å². The van der Waals surface area contributed by atoms with Gasteiger partial charge in [0.1, 0.15) is 0 Å². The number of hydrogen-bond donors (Lipinski definition) is 2. The molecule has 0 aromatic carbocycles. The summed E-state index contributed by atoms with van der Waals surface area (Å²) in [4.78, 5) is 26.0. The Morgan fingerprint density at radius 3 is 2.56 bits per heavy atom. The highest BCUT2D eigenvalue weighted by atomic mass is 19.4. The molecule has 1 fully saturated rings. The van der Waals surface area contributed by atoms with Gasteiger partial charge in [-0.1, -0.05) is 0 Å². The number of halogens is 3. The Kier molecular flexibility index (Phi) is 2.51. The molecule has 0 spiro atoms. The highest BCUT2D eigenvalue weighted by Crippen LogP contribution is 2.39. The summed E-state index contributed by atoms with van der Waals surface area (Å²) in [5, 5.41) is 10.9. The fraction of sp³-hybridized carbons (Fsp3) is 0.222. The van der Waals surface area contributed by atoms with Crippen LogP contribution in [0, 0.1) is 0 Å². The Hall–Kier alpha value is -2.16. The molecule has 1 unspecified atom stereocenters. The topological polar surface area (TPSA) is 82.5 Å². The van der Waals surface area contributed by atoms with Crippen LogP contribution in [0.25, 0.3) is 0 Å². The van der Waals surface area contributed by atoms with E-state index in [0.717, 1.165) is 12.3 Å². The molecule has 1 atom stereocenters. The van der Waals surface area contributed by atoms with E-state index in [2.05, 4.69) is 4.98 Å². The summed E-state index contributed by atoms with van der Waals surface area (Å²) >= 11 is 0. The van der Waals surface area contributed by atoms with Gasteiger partial charge in [-0.25, -0.2) is 9.69 Å². The third kappa shape index (κ3) is 1.51. The van der Waals surface area contributed by atoms with Crippen LogP contribution < -0.4 is 10.2 Å². The molecule has 18 heavy (non-hydrogen) atoms. The van der Waals surface area contributed by atoms with E-state index in [1.54, 1.807) is 0 Å². The van der Waals surface area contributed by atoms with Crippen LogP contribution in [0.1, 0.15) is 0 Å². The van der Waals surface area contributed by atoms with Crippen LogP contribution in [0.4, 0.5) is 23.7 Å². The summed E-state index contributed by atoms with van der Waals surface area (Å²) in [7, 11) is 0. The predicted molar refractivity (Wildman–Crippen MR) is 51.3 cm³/mol. The van der Waals surface area contributed by atoms with Gasteiger partial charge in [0, 0.05) is 6.20 Å². The third-order valence-corrected chi connectivity index (χ3v) is 2.36. The lowest BCUT2D eigenvalue weighted by Gasteiger charge is -2.31. The molecule has 3 amide bonds. The standard InChI is InChI=1S/C9H6F3N3O3/c10-9(11,12)8(18)6(16)14-7(17)15(8)5-2-1-3-13-4-5/h1-4,18H,(H,14,16,17). The van der Waals surface area contributed by atoms with Gasteiger partial charge in [0.2, 0.25) is 0 Å². The molecule has 9 heteroatoms. The Bertz CT molecular complexity index is 505. The maximum absolute atomic E-state index is 12.8. The van der Waals surface area contributed by atoms with Gasteiger partial charge in [-0.3, -0.25) is 15.1 Å². The number of hydrogen-bond acceptors (Lipinski definition) is 4. The molecule has 1 aromatic rings. The second kappa shape index (κ2) is 3.67. The minimum atomic E-state index is -5.33. The lowest BCUT2D eigenvalue weighted by molar-refractivity contribution is -0.244. The zero-order valence-corrected chi connectivity index (χ0v) is 8.60. The molecule has 0 radical (unpaired) electrons. The molecule has 6 nitrogen and oxygen atoms in total. The van der Waals surface area contributed by atoms with Crippen LogP contribution in [-0.2, 0) is 4.79 Å². The fourth-order valence-electron chi connectivity index (χ4n) is 1.53. The summed E-state index contributed by atoms with van der Waals surface area (Å²) in [5.41, 5.74) is -4.27. The monoisotopic (exact) mass is 261 g/mol. The Balaban J connectivity index is 2.57. The first-order valence-corrected chi connectivity index (χ1v) is 4.63. The van der Waals surface area contributed by atoms with Gasteiger partial charge in [-0.2, -0.15) is 13.2 Å². The molecule has 2 N–H and O–H groups in total. The van der Waals surface area contributed by atoms with Crippen LogP contribution in [0.2, 0.25) is 0 Å². The van der Waals surface area contributed by atoms with E-state index < -0.39 is 23.8 Å². The number of aromatic nitrogens is 1. The largest absolute Gasteiger partial charge is 0.447 e. The normalized spacial score (nSPS) is 24.3. The first-order valence-electron chi connectivity index (χ1n) is 4.63. The number of carbonyl (C=O) groups is 2. The quantitative estimate of drug-likeness (QED) is 0.716. The van der Waals surface area contributed by atoms with E-state index in [-0.39, 0.29) is 10.6 Å². The van der Waals surface area contributed by atoms with E-state index in [0.29, 0.717) is 0 Å². The zero-order chi connectivity index (χ0) is 13.6. The number of carbonyl (C=O) groups excluding carboxylic acids is 2. The van der Waals surface area contributed by atoms with Gasteiger partial charge in [-0.05, 0) is 12.1 Å². The number of pyridine rings is 1. The van der Waals surface area contributed by atoms with Crippen LogP contribution in [0.5, 0.6) is 0 Å². The lowest BCUT2D eigenvalue weighted by Crippen LogP contribution is -2.60. The van der Waals surface area contributed by atoms with E-state index in [1.165, 1.54) is 17.6 Å². The first kappa shape index (κ1) is 12.3. The number of rotatable bonds is 1. The summed E-state index contributed by atoms with van der Waals surface area (Å²) in [6.45, 7) is 0. The fourth-order valence-corrected chi connectivity index (χ4v) is 1.53. The Morgan fingerprint density at radius 2 is 2.06 bits per heavy atom. The number of alkyl halides is 3. The van der Waals surface area contributed by atoms with Crippen LogP contribution in [0.3, 0.4) is 0 Å². The van der Waals surface area contributed by atoms with Gasteiger partial charge in [0.25, 0.3) is 5.91 Å². The maximum atomic E-state index is 12.8. The second-order valence-corrected chi connectivity index (χ2v) is 3.48. The average Bonchev–Trinajstić information content (AvgIpc) is 2.51. The molecule has 2 rings (SSSR count). The van der Waals surface area contributed by atoms with Crippen molar-refractivity contribution >= 4 is 17.6 Å². The number of amides is 3. The summed E-state index contributed by atoms with van der Waals surface area (Å²) in [5.74, 6) is -1.84.